The summed E-state index contributed by atoms with van der Waals surface area (Å²) < 4.78 is 6.42. The fraction of sp³-hybridized carbons (Fsp3) is 0.167. The van der Waals surface area contributed by atoms with Crippen molar-refractivity contribution in [2.75, 3.05) is 6.61 Å². The average Bonchev–Trinajstić information content (AvgIpc) is 2.98. The molecule has 0 fully saturated rings. The third kappa shape index (κ3) is 2.05. The van der Waals surface area contributed by atoms with Crippen molar-refractivity contribution in [3.8, 4) is 0 Å². The van der Waals surface area contributed by atoms with Gasteiger partial charge in [0.25, 0.3) is 0 Å². The van der Waals surface area contributed by atoms with Gasteiger partial charge in [0.05, 0.1) is 17.5 Å². The molecule has 0 bridgehead atoms. The van der Waals surface area contributed by atoms with E-state index in [4.69, 9.17) is 4.74 Å². The van der Waals surface area contributed by atoms with E-state index < -0.39 is 10.9 Å². The van der Waals surface area contributed by atoms with Gasteiger partial charge in [-0.3, -0.25) is 0 Å². The predicted molar refractivity (Wildman–Crippen MR) is 77.4 cm³/mol. The van der Waals surface area contributed by atoms with Crippen molar-refractivity contribution in [2.24, 2.45) is 0 Å². The summed E-state index contributed by atoms with van der Waals surface area (Å²) in [5, 5.41) is 11.7. The topological polar surface area (TPSA) is 103 Å². The van der Waals surface area contributed by atoms with Gasteiger partial charge in [-0.25, -0.2) is 4.79 Å². The Morgan fingerprint density at radius 2 is 2.38 bits per heavy atom. The predicted octanol–water partition coefficient (Wildman–Crippen LogP) is 2.66. The summed E-state index contributed by atoms with van der Waals surface area (Å²) in [5.74, 6) is -0.641. The molecule has 0 aliphatic heterocycles. The molecule has 3 aromatic heterocycles. The van der Waals surface area contributed by atoms with Crippen molar-refractivity contribution < 1.29 is 14.5 Å². The van der Waals surface area contributed by atoms with Crippen LogP contribution < -0.4 is 0 Å². The van der Waals surface area contributed by atoms with E-state index in [1.54, 1.807) is 19.1 Å². The molecular weight excluding hydrogens is 344 g/mol. The molecule has 1 N–H and O–H groups in total. The van der Waals surface area contributed by atoms with E-state index in [9.17, 15) is 14.9 Å². The normalized spacial score (nSPS) is 11.1. The molecule has 108 valence electrons. The molecule has 0 amide bonds. The second kappa shape index (κ2) is 4.85. The van der Waals surface area contributed by atoms with E-state index in [-0.39, 0.29) is 22.7 Å². The van der Waals surface area contributed by atoms with Crippen LogP contribution in [-0.4, -0.2) is 31.9 Å². The van der Waals surface area contributed by atoms with Gasteiger partial charge in [0.2, 0.25) is 10.3 Å². The number of nitrogens with one attached hydrogen (secondary N) is 1. The lowest BCUT2D eigenvalue weighted by atomic mass is 10.3. The molecule has 0 aliphatic rings. The molecule has 0 radical (unpaired) electrons. The maximum Gasteiger partial charge on any atom is 0.362 e. The lowest BCUT2D eigenvalue weighted by molar-refractivity contribution is -0.391. The zero-order valence-electron chi connectivity index (χ0n) is 10.8. The van der Waals surface area contributed by atoms with Crippen molar-refractivity contribution in [3.05, 3.63) is 38.7 Å². The molecule has 0 saturated heterocycles. The van der Waals surface area contributed by atoms with E-state index in [2.05, 4.69) is 25.9 Å². The van der Waals surface area contributed by atoms with E-state index in [1.165, 1.54) is 10.6 Å². The van der Waals surface area contributed by atoms with Crippen LogP contribution in [0, 0.1) is 10.1 Å². The molecule has 8 nitrogen and oxygen atoms in total. The maximum atomic E-state index is 11.7. The highest BCUT2D eigenvalue weighted by Gasteiger charge is 2.23. The number of aromatic nitrogens is 3. The van der Waals surface area contributed by atoms with Crippen LogP contribution in [0.1, 0.15) is 17.4 Å². The Labute approximate surface area is 126 Å². The lowest BCUT2D eigenvalue weighted by Crippen LogP contribution is -2.04. The quantitative estimate of drug-likeness (QED) is 0.443. The summed E-state index contributed by atoms with van der Waals surface area (Å²) in [4.78, 5) is 29.3. The average molecular weight is 353 g/mol. The molecule has 0 atom stereocenters. The Hall–Kier alpha value is -2.42. The van der Waals surface area contributed by atoms with Crippen LogP contribution in [0.3, 0.4) is 0 Å². The van der Waals surface area contributed by atoms with Crippen molar-refractivity contribution >= 4 is 44.3 Å². The van der Waals surface area contributed by atoms with Crippen LogP contribution in [-0.2, 0) is 4.74 Å². The molecule has 0 spiro atoms. The minimum absolute atomic E-state index is 0.138. The summed E-state index contributed by atoms with van der Waals surface area (Å²) in [7, 11) is 0. The first kappa shape index (κ1) is 13.6. The molecule has 0 unspecified atom stereocenters. The second-order valence-electron chi connectivity index (χ2n) is 4.22. The highest BCUT2D eigenvalue weighted by atomic mass is 79.9. The van der Waals surface area contributed by atoms with E-state index in [1.807, 2.05) is 0 Å². The Morgan fingerprint density at radius 1 is 1.62 bits per heavy atom. The standard InChI is InChI=1S/C12H9BrN4O4/c1-2-21-12(18)8-5-6-7(14-8)3-4-16-10(6)15-9(13)11(16)17(19)20/h3-5,14H,2H2,1H3. The molecule has 0 saturated carbocycles. The molecular formula is C12H9BrN4O4. The third-order valence-corrected chi connectivity index (χ3v) is 3.52. The molecule has 0 aromatic carbocycles. The van der Waals surface area contributed by atoms with Gasteiger partial charge in [-0.05, 0) is 33.8 Å². The van der Waals surface area contributed by atoms with Gasteiger partial charge in [-0.1, -0.05) is 0 Å². The van der Waals surface area contributed by atoms with Gasteiger partial charge in [0, 0.05) is 6.07 Å². The number of carbonyl (C=O) groups excluding carboxylic acids is 1. The number of H-pyrrole nitrogens is 1. The van der Waals surface area contributed by atoms with Gasteiger partial charge in [0.1, 0.15) is 11.9 Å². The Kier molecular flexibility index (Phi) is 3.13. The zero-order valence-corrected chi connectivity index (χ0v) is 12.4. The highest BCUT2D eigenvalue weighted by Crippen LogP contribution is 2.30. The Balaban J connectivity index is 2.26. The second-order valence-corrected chi connectivity index (χ2v) is 4.97. The number of pyridine rings is 1. The fourth-order valence-corrected chi connectivity index (χ4v) is 2.65. The SMILES string of the molecule is CCOC(=O)c1cc2c(ccn3c([N+](=O)[O-])c(Br)nc23)[nH]1. The summed E-state index contributed by atoms with van der Waals surface area (Å²) in [6, 6.07) is 3.22. The summed E-state index contributed by atoms with van der Waals surface area (Å²) in [6.45, 7) is 1.98. The van der Waals surface area contributed by atoms with Crippen molar-refractivity contribution in [1.29, 1.82) is 0 Å². The van der Waals surface area contributed by atoms with Gasteiger partial charge >= 0.3 is 11.8 Å². The van der Waals surface area contributed by atoms with Gasteiger partial charge in [0.15, 0.2) is 0 Å². The first-order valence-corrected chi connectivity index (χ1v) is 6.83. The number of aromatic amines is 1. The van der Waals surface area contributed by atoms with Gasteiger partial charge in [-0.2, -0.15) is 9.38 Å². The number of hydrogen-bond donors (Lipinski definition) is 1. The molecule has 21 heavy (non-hydrogen) atoms. The van der Waals surface area contributed by atoms with Gasteiger partial charge in [-0.15, -0.1) is 0 Å². The molecule has 0 aliphatic carbocycles. The minimum atomic E-state index is -0.519. The van der Waals surface area contributed by atoms with E-state index in [0.29, 0.717) is 16.6 Å². The van der Waals surface area contributed by atoms with Crippen LogP contribution >= 0.6 is 15.9 Å². The van der Waals surface area contributed by atoms with E-state index in [0.717, 1.165) is 0 Å². The summed E-state index contributed by atoms with van der Waals surface area (Å²) in [5.41, 5.74) is 1.32. The van der Waals surface area contributed by atoms with E-state index >= 15 is 0 Å². The fourth-order valence-electron chi connectivity index (χ4n) is 2.15. The summed E-state index contributed by atoms with van der Waals surface area (Å²) in [6.07, 6.45) is 1.53. The van der Waals surface area contributed by atoms with Crippen LogP contribution in [0.15, 0.2) is 22.9 Å². The van der Waals surface area contributed by atoms with Crippen LogP contribution in [0.4, 0.5) is 5.82 Å². The number of imidazole rings is 1. The Morgan fingerprint density at radius 3 is 3.05 bits per heavy atom. The summed E-state index contributed by atoms with van der Waals surface area (Å²) >= 11 is 3.08. The highest BCUT2D eigenvalue weighted by molar-refractivity contribution is 9.10. The lowest BCUT2D eigenvalue weighted by Gasteiger charge is -1.96. The number of ether oxygens (including phenoxy) is 1. The first-order valence-electron chi connectivity index (χ1n) is 6.03. The smallest absolute Gasteiger partial charge is 0.362 e. The van der Waals surface area contributed by atoms with Crippen LogP contribution in [0.25, 0.3) is 16.6 Å². The van der Waals surface area contributed by atoms with Crippen molar-refractivity contribution in [1.82, 2.24) is 14.4 Å². The van der Waals surface area contributed by atoms with Crippen molar-refractivity contribution in [3.63, 3.8) is 0 Å². The number of carbonyl (C=O) groups is 1. The van der Waals surface area contributed by atoms with Crippen LogP contribution in [0.5, 0.6) is 0 Å². The largest absolute Gasteiger partial charge is 0.461 e. The molecule has 9 heteroatoms. The third-order valence-electron chi connectivity index (χ3n) is 2.99. The van der Waals surface area contributed by atoms with Crippen molar-refractivity contribution in [2.45, 2.75) is 6.92 Å². The number of halogens is 1. The molecule has 3 rings (SSSR count). The number of rotatable bonds is 3. The molecule has 3 heterocycles. The number of fused-ring (bicyclic) bond motifs is 3. The number of esters is 1. The number of nitrogens with zero attached hydrogens (tertiary/aromatic N) is 3. The maximum absolute atomic E-state index is 11.7. The van der Waals surface area contributed by atoms with Crippen LogP contribution in [0.2, 0.25) is 0 Å². The zero-order chi connectivity index (χ0) is 15.1. The number of hydrogen-bond acceptors (Lipinski definition) is 5. The first-order chi connectivity index (χ1) is 10.0. The minimum Gasteiger partial charge on any atom is -0.461 e. The number of nitro groups is 1. The Bertz CT molecular complexity index is 882. The molecule has 3 aromatic rings. The monoisotopic (exact) mass is 352 g/mol. The van der Waals surface area contributed by atoms with Gasteiger partial charge < -0.3 is 19.8 Å².